The summed E-state index contributed by atoms with van der Waals surface area (Å²) in [4.78, 5) is 17.1. The number of pyridine rings is 1. The lowest BCUT2D eigenvalue weighted by Crippen LogP contribution is -2.22. The normalized spacial score (nSPS) is 11.5. The molecule has 6 aromatic rings. The van der Waals surface area contributed by atoms with Gasteiger partial charge >= 0.3 is 0 Å². The van der Waals surface area contributed by atoms with Crippen molar-refractivity contribution in [3.8, 4) is 17.1 Å². The summed E-state index contributed by atoms with van der Waals surface area (Å²) in [5, 5.41) is 19.2. The largest absolute Gasteiger partial charge is 0.277 e. The lowest BCUT2D eigenvalue weighted by Gasteiger charge is -2.11. The number of para-hydroxylation sites is 1. The Labute approximate surface area is 210 Å². The fourth-order valence-electron chi connectivity index (χ4n) is 4.30. The number of nitrogens with zero attached hydrogens (tertiary/aromatic N) is 8. The second-order valence-corrected chi connectivity index (χ2v) is 9.26. The summed E-state index contributed by atoms with van der Waals surface area (Å²) in [6.45, 7) is 4.51. The summed E-state index contributed by atoms with van der Waals surface area (Å²) in [6.07, 6.45) is 3.49. The highest BCUT2D eigenvalue weighted by atomic mass is 32.2. The predicted octanol–water partition coefficient (Wildman–Crippen LogP) is 4.31. The third kappa shape index (κ3) is 3.66. The number of aromatic nitrogens is 8. The van der Waals surface area contributed by atoms with Crippen LogP contribution in [0.5, 0.6) is 0 Å². The van der Waals surface area contributed by atoms with Crippen LogP contribution >= 0.6 is 11.8 Å². The van der Waals surface area contributed by atoms with Crippen LogP contribution in [0.4, 0.5) is 0 Å². The summed E-state index contributed by atoms with van der Waals surface area (Å²) < 4.78 is 5.66. The Morgan fingerprint density at radius 1 is 0.889 bits per heavy atom. The summed E-state index contributed by atoms with van der Waals surface area (Å²) in [6, 6.07) is 19.7. The smallest absolute Gasteiger partial charge is 0.262 e. The van der Waals surface area contributed by atoms with Gasteiger partial charge < -0.3 is 0 Å². The molecule has 0 fully saturated rings. The SMILES string of the molecule is CCn1c(=O)c2ccccc2n2c(CSc3nnc(-c4ccncc4)n3-c3ccc(C)cc3)nnc12. The fourth-order valence-corrected chi connectivity index (χ4v) is 5.16. The van der Waals surface area contributed by atoms with Crippen molar-refractivity contribution >= 4 is 28.4 Å². The molecule has 0 saturated heterocycles. The maximum absolute atomic E-state index is 13.0. The van der Waals surface area contributed by atoms with E-state index in [-0.39, 0.29) is 5.56 Å². The zero-order valence-electron chi connectivity index (χ0n) is 19.7. The van der Waals surface area contributed by atoms with E-state index in [1.807, 2.05) is 52.3 Å². The first-order chi connectivity index (χ1) is 17.7. The van der Waals surface area contributed by atoms with E-state index in [2.05, 4.69) is 56.6 Å². The van der Waals surface area contributed by atoms with Gasteiger partial charge in [-0.05, 0) is 50.2 Å². The maximum atomic E-state index is 13.0. The molecule has 0 saturated carbocycles. The Kier molecular flexibility index (Phi) is 5.57. The Balaban J connectivity index is 1.45. The van der Waals surface area contributed by atoms with Gasteiger partial charge in [0.1, 0.15) is 5.82 Å². The van der Waals surface area contributed by atoms with Gasteiger partial charge in [0.15, 0.2) is 11.0 Å². The van der Waals surface area contributed by atoms with Crippen molar-refractivity contribution in [3.63, 3.8) is 0 Å². The molecule has 0 aliphatic heterocycles. The Hall–Kier alpha value is -4.31. The first-order valence-corrected chi connectivity index (χ1v) is 12.6. The van der Waals surface area contributed by atoms with Crippen molar-refractivity contribution in [1.82, 2.24) is 38.9 Å². The Bertz CT molecular complexity index is 1750. The van der Waals surface area contributed by atoms with Gasteiger partial charge in [0.05, 0.1) is 16.7 Å². The van der Waals surface area contributed by atoms with E-state index >= 15 is 0 Å². The van der Waals surface area contributed by atoms with Gasteiger partial charge in [-0.15, -0.1) is 20.4 Å². The van der Waals surface area contributed by atoms with Gasteiger partial charge in [-0.1, -0.05) is 41.6 Å². The van der Waals surface area contributed by atoms with Crippen LogP contribution in [0.25, 0.3) is 33.8 Å². The highest BCUT2D eigenvalue weighted by molar-refractivity contribution is 7.98. The van der Waals surface area contributed by atoms with Gasteiger partial charge in [0.25, 0.3) is 5.56 Å². The number of rotatable bonds is 6. The molecule has 0 radical (unpaired) electrons. The number of hydrogen-bond acceptors (Lipinski definition) is 7. The highest BCUT2D eigenvalue weighted by Crippen LogP contribution is 2.30. The molecule has 36 heavy (non-hydrogen) atoms. The standard InChI is InChI=1S/C26H22N8OS/c1-3-32-24(35)20-6-4-5-7-21(20)34-22(28-30-25(32)34)16-36-26-31-29-23(18-12-14-27-15-13-18)33(26)19-10-8-17(2)9-11-19/h4-15H,3,16H2,1-2H3. The quantitative estimate of drug-likeness (QED) is 0.318. The van der Waals surface area contributed by atoms with Crippen molar-refractivity contribution in [3.05, 3.63) is 94.8 Å². The molecule has 178 valence electrons. The Morgan fingerprint density at radius 3 is 2.44 bits per heavy atom. The van der Waals surface area contributed by atoms with Gasteiger partial charge in [0.2, 0.25) is 5.78 Å². The second kappa shape index (κ2) is 9.04. The summed E-state index contributed by atoms with van der Waals surface area (Å²) in [7, 11) is 0. The van der Waals surface area contributed by atoms with E-state index in [0.29, 0.717) is 23.5 Å². The van der Waals surface area contributed by atoms with Crippen molar-refractivity contribution < 1.29 is 0 Å². The van der Waals surface area contributed by atoms with Crippen molar-refractivity contribution in [2.75, 3.05) is 0 Å². The van der Waals surface area contributed by atoms with E-state index in [1.165, 1.54) is 17.3 Å². The zero-order chi connectivity index (χ0) is 24.6. The van der Waals surface area contributed by atoms with Crippen LogP contribution in [0, 0.1) is 6.92 Å². The monoisotopic (exact) mass is 494 g/mol. The maximum Gasteiger partial charge on any atom is 0.262 e. The van der Waals surface area contributed by atoms with E-state index < -0.39 is 0 Å². The lowest BCUT2D eigenvalue weighted by molar-refractivity contribution is 0.735. The lowest BCUT2D eigenvalue weighted by atomic mass is 10.2. The number of aryl methyl sites for hydroxylation is 2. The molecular weight excluding hydrogens is 472 g/mol. The van der Waals surface area contributed by atoms with Gasteiger partial charge in [0, 0.05) is 30.2 Å². The van der Waals surface area contributed by atoms with Crippen LogP contribution in [-0.4, -0.2) is 38.9 Å². The first-order valence-electron chi connectivity index (χ1n) is 11.6. The van der Waals surface area contributed by atoms with E-state index in [4.69, 9.17) is 0 Å². The van der Waals surface area contributed by atoms with Gasteiger partial charge in [-0.2, -0.15) is 0 Å². The minimum atomic E-state index is -0.0618. The van der Waals surface area contributed by atoms with Crippen LogP contribution in [0.3, 0.4) is 0 Å². The molecule has 4 aromatic heterocycles. The molecule has 2 aromatic carbocycles. The number of benzene rings is 2. The summed E-state index contributed by atoms with van der Waals surface area (Å²) >= 11 is 1.52. The zero-order valence-corrected chi connectivity index (χ0v) is 20.6. The van der Waals surface area contributed by atoms with Crippen LogP contribution in [0.2, 0.25) is 0 Å². The number of fused-ring (bicyclic) bond motifs is 3. The molecule has 0 unspecified atom stereocenters. The molecule has 0 bridgehead atoms. The molecule has 0 atom stereocenters. The molecule has 9 nitrogen and oxygen atoms in total. The minimum Gasteiger partial charge on any atom is -0.277 e. The van der Waals surface area contributed by atoms with E-state index in [9.17, 15) is 4.79 Å². The summed E-state index contributed by atoms with van der Waals surface area (Å²) in [5.41, 5.74) is 3.80. The average Bonchev–Trinajstić information content (AvgIpc) is 3.53. The first kappa shape index (κ1) is 22.2. The van der Waals surface area contributed by atoms with Gasteiger partial charge in [-0.25, -0.2) is 0 Å². The van der Waals surface area contributed by atoms with Crippen LogP contribution in [0.1, 0.15) is 18.3 Å². The number of thioether (sulfide) groups is 1. The molecular formula is C26H22N8OS. The highest BCUT2D eigenvalue weighted by Gasteiger charge is 2.19. The minimum absolute atomic E-state index is 0.0618. The molecule has 0 amide bonds. The van der Waals surface area contributed by atoms with Crippen molar-refractivity contribution in [2.45, 2.75) is 31.3 Å². The molecule has 6 rings (SSSR count). The third-order valence-electron chi connectivity index (χ3n) is 6.09. The average molecular weight is 495 g/mol. The van der Waals surface area contributed by atoms with Crippen molar-refractivity contribution in [1.29, 1.82) is 0 Å². The van der Waals surface area contributed by atoms with Crippen LogP contribution < -0.4 is 5.56 Å². The molecule has 0 aliphatic carbocycles. The fraction of sp³-hybridized carbons (Fsp3) is 0.154. The van der Waals surface area contributed by atoms with E-state index in [1.54, 1.807) is 17.0 Å². The van der Waals surface area contributed by atoms with E-state index in [0.717, 1.165) is 33.6 Å². The number of hydrogen-bond donors (Lipinski definition) is 0. The van der Waals surface area contributed by atoms with Gasteiger partial charge in [-0.3, -0.25) is 23.3 Å². The third-order valence-corrected chi connectivity index (χ3v) is 7.01. The molecule has 10 heteroatoms. The second-order valence-electron chi connectivity index (χ2n) is 8.32. The molecule has 0 spiro atoms. The topological polar surface area (TPSA) is 95.8 Å². The van der Waals surface area contributed by atoms with Crippen LogP contribution in [0.15, 0.2) is 83.0 Å². The molecule has 0 N–H and O–H groups in total. The molecule has 4 heterocycles. The van der Waals surface area contributed by atoms with Crippen molar-refractivity contribution in [2.24, 2.45) is 0 Å². The summed E-state index contributed by atoms with van der Waals surface area (Å²) in [5.74, 6) is 2.50. The predicted molar refractivity (Wildman–Crippen MR) is 139 cm³/mol. The van der Waals surface area contributed by atoms with Crippen LogP contribution in [-0.2, 0) is 12.3 Å². The molecule has 0 aliphatic rings. The Morgan fingerprint density at radius 2 is 1.67 bits per heavy atom.